The number of aromatic nitrogens is 3. The minimum absolute atomic E-state index is 0.0967. The van der Waals surface area contributed by atoms with Gasteiger partial charge in [0.25, 0.3) is 5.56 Å². The smallest absolute Gasteiger partial charge is 0.255 e. The normalized spacial score (nSPS) is 14.9. The van der Waals surface area contributed by atoms with E-state index in [9.17, 15) is 18.0 Å². The number of benzene rings is 1. The van der Waals surface area contributed by atoms with Crippen LogP contribution in [0.1, 0.15) is 22.4 Å². The number of aromatic amines is 1. The molecule has 1 amide bonds. The summed E-state index contributed by atoms with van der Waals surface area (Å²) in [6.45, 7) is 6.33. The summed E-state index contributed by atoms with van der Waals surface area (Å²) < 4.78 is 27.6. The van der Waals surface area contributed by atoms with Crippen LogP contribution in [0.2, 0.25) is 0 Å². The summed E-state index contributed by atoms with van der Waals surface area (Å²) >= 11 is 0. The maximum absolute atomic E-state index is 13.1. The van der Waals surface area contributed by atoms with Crippen molar-refractivity contribution in [3.8, 4) is 11.5 Å². The molecule has 0 atom stereocenters. The first-order chi connectivity index (χ1) is 16.2. The first-order valence-corrected chi connectivity index (χ1v) is 12.5. The number of hydrogen-bond acceptors (Lipinski definition) is 6. The fourth-order valence-electron chi connectivity index (χ4n) is 4.11. The Labute approximate surface area is 198 Å². The van der Waals surface area contributed by atoms with Crippen molar-refractivity contribution >= 4 is 15.9 Å². The molecule has 2 aromatic heterocycles. The van der Waals surface area contributed by atoms with Gasteiger partial charge in [-0.15, -0.1) is 0 Å². The Morgan fingerprint density at radius 3 is 2.41 bits per heavy atom. The number of pyridine rings is 1. The van der Waals surface area contributed by atoms with Crippen LogP contribution in [0.3, 0.4) is 0 Å². The molecule has 3 aromatic rings. The Morgan fingerprint density at radius 1 is 1.06 bits per heavy atom. The molecule has 1 aliphatic heterocycles. The summed E-state index contributed by atoms with van der Waals surface area (Å²) in [5.74, 6) is 0.120. The molecule has 10 heteroatoms. The van der Waals surface area contributed by atoms with Gasteiger partial charge in [0, 0.05) is 43.6 Å². The number of rotatable bonds is 5. The lowest BCUT2D eigenvalue weighted by atomic mass is 10.1. The number of carbonyl (C=O) groups is 1. The van der Waals surface area contributed by atoms with Gasteiger partial charge in [0.05, 0.1) is 11.3 Å². The van der Waals surface area contributed by atoms with Crippen LogP contribution in [0, 0.1) is 20.8 Å². The zero-order chi connectivity index (χ0) is 24.5. The fourth-order valence-corrected chi connectivity index (χ4v) is 5.74. The minimum atomic E-state index is -3.64. The molecule has 1 aliphatic rings. The third kappa shape index (κ3) is 4.78. The number of aryl methyl sites for hydroxylation is 3. The second-order valence-corrected chi connectivity index (χ2v) is 10.3. The van der Waals surface area contributed by atoms with Crippen molar-refractivity contribution in [2.75, 3.05) is 26.2 Å². The number of nitrogens with zero attached hydrogens (tertiary/aromatic N) is 4. The second kappa shape index (κ2) is 9.47. The molecule has 0 spiro atoms. The third-order valence-electron chi connectivity index (χ3n) is 6.00. The molecule has 0 unspecified atom stereocenters. The van der Waals surface area contributed by atoms with Gasteiger partial charge in [-0.3, -0.25) is 14.6 Å². The van der Waals surface area contributed by atoms with E-state index in [1.807, 2.05) is 13.0 Å². The number of nitrogens with one attached hydrogen (secondary N) is 1. The lowest BCUT2D eigenvalue weighted by Gasteiger charge is -2.34. The zero-order valence-electron chi connectivity index (χ0n) is 19.4. The highest BCUT2D eigenvalue weighted by molar-refractivity contribution is 7.89. The van der Waals surface area contributed by atoms with E-state index in [4.69, 9.17) is 0 Å². The van der Waals surface area contributed by atoms with E-state index in [0.29, 0.717) is 33.2 Å². The lowest BCUT2D eigenvalue weighted by molar-refractivity contribution is -0.131. The van der Waals surface area contributed by atoms with E-state index in [-0.39, 0.29) is 44.1 Å². The zero-order valence-corrected chi connectivity index (χ0v) is 20.2. The van der Waals surface area contributed by atoms with Crippen LogP contribution < -0.4 is 5.56 Å². The van der Waals surface area contributed by atoms with Gasteiger partial charge in [-0.1, -0.05) is 23.8 Å². The molecule has 0 radical (unpaired) electrons. The summed E-state index contributed by atoms with van der Waals surface area (Å²) in [5.41, 5.74) is 2.64. The molecule has 4 rings (SSSR count). The van der Waals surface area contributed by atoms with Crippen molar-refractivity contribution in [1.29, 1.82) is 0 Å². The van der Waals surface area contributed by atoms with E-state index < -0.39 is 10.0 Å². The maximum Gasteiger partial charge on any atom is 0.255 e. The maximum atomic E-state index is 13.1. The number of carbonyl (C=O) groups excluding carboxylic acids is 1. The Morgan fingerprint density at radius 2 is 1.79 bits per heavy atom. The van der Waals surface area contributed by atoms with Gasteiger partial charge in [0.15, 0.2) is 5.82 Å². The molecule has 0 bridgehead atoms. The summed E-state index contributed by atoms with van der Waals surface area (Å²) in [5, 5.41) is 0. The second-order valence-electron chi connectivity index (χ2n) is 8.42. The van der Waals surface area contributed by atoms with Crippen molar-refractivity contribution in [2.24, 2.45) is 0 Å². The number of H-pyrrole nitrogens is 1. The molecule has 9 nitrogen and oxygen atoms in total. The van der Waals surface area contributed by atoms with Crippen LogP contribution in [-0.2, 0) is 21.2 Å². The van der Waals surface area contributed by atoms with Crippen LogP contribution in [0.5, 0.6) is 0 Å². The highest BCUT2D eigenvalue weighted by Crippen LogP contribution is 2.22. The molecule has 1 saturated heterocycles. The Hall–Kier alpha value is -3.37. The molecule has 0 saturated carbocycles. The van der Waals surface area contributed by atoms with Crippen molar-refractivity contribution in [3.05, 3.63) is 75.3 Å². The SMILES string of the molecule is Cc1ccc(S(=O)(=O)N2CCN(C(=O)Cc3c(C)nc(-c4ccccn4)[nH]c3=O)CC2)c(C)c1. The van der Waals surface area contributed by atoms with E-state index in [1.54, 1.807) is 55.3 Å². The standard InChI is InChI=1S/C24H27N5O4S/c1-16-7-8-21(17(2)14-16)34(32,33)29-12-10-28(11-13-29)22(30)15-19-18(3)26-23(27-24(19)31)20-6-4-5-9-25-20/h4-9,14H,10-13,15H2,1-3H3,(H,26,27,31). The van der Waals surface area contributed by atoms with Crippen LogP contribution in [0.15, 0.2) is 52.3 Å². The minimum Gasteiger partial charge on any atom is -0.340 e. The molecule has 3 heterocycles. The van der Waals surface area contributed by atoms with E-state index >= 15 is 0 Å². The molecule has 1 aromatic carbocycles. The first kappa shape index (κ1) is 23.8. The predicted molar refractivity (Wildman–Crippen MR) is 128 cm³/mol. The van der Waals surface area contributed by atoms with Gasteiger partial charge in [-0.2, -0.15) is 4.31 Å². The summed E-state index contributed by atoms with van der Waals surface area (Å²) in [7, 11) is -3.64. The quantitative estimate of drug-likeness (QED) is 0.594. The first-order valence-electron chi connectivity index (χ1n) is 11.0. The Balaban J connectivity index is 1.44. The number of piperazine rings is 1. The molecule has 1 fully saturated rings. The molecule has 1 N–H and O–H groups in total. The van der Waals surface area contributed by atoms with E-state index in [0.717, 1.165) is 5.56 Å². The van der Waals surface area contributed by atoms with E-state index in [1.165, 1.54) is 4.31 Å². The van der Waals surface area contributed by atoms with Crippen LogP contribution in [0.4, 0.5) is 0 Å². The largest absolute Gasteiger partial charge is 0.340 e. The van der Waals surface area contributed by atoms with Gasteiger partial charge >= 0.3 is 0 Å². The number of hydrogen-bond donors (Lipinski definition) is 1. The average Bonchev–Trinajstić information content (AvgIpc) is 2.81. The number of amides is 1. The van der Waals surface area contributed by atoms with Crippen LogP contribution in [-0.4, -0.2) is 64.7 Å². The highest BCUT2D eigenvalue weighted by Gasteiger charge is 2.31. The Kier molecular flexibility index (Phi) is 6.63. The van der Waals surface area contributed by atoms with Crippen molar-refractivity contribution in [2.45, 2.75) is 32.1 Å². The van der Waals surface area contributed by atoms with Crippen molar-refractivity contribution in [1.82, 2.24) is 24.2 Å². The van der Waals surface area contributed by atoms with Gasteiger partial charge in [0.2, 0.25) is 15.9 Å². The summed E-state index contributed by atoms with van der Waals surface area (Å²) in [4.78, 5) is 38.8. The van der Waals surface area contributed by atoms with Gasteiger partial charge in [-0.05, 0) is 44.5 Å². The molecule has 178 valence electrons. The predicted octanol–water partition coefficient (Wildman–Crippen LogP) is 1.83. The Bertz CT molecular complexity index is 1380. The topological polar surface area (TPSA) is 116 Å². The lowest BCUT2D eigenvalue weighted by Crippen LogP contribution is -2.51. The van der Waals surface area contributed by atoms with Crippen LogP contribution in [0.25, 0.3) is 11.5 Å². The monoisotopic (exact) mass is 481 g/mol. The van der Waals surface area contributed by atoms with Crippen molar-refractivity contribution in [3.63, 3.8) is 0 Å². The number of sulfonamides is 1. The molecular formula is C24H27N5O4S. The molecular weight excluding hydrogens is 454 g/mol. The van der Waals surface area contributed by atoms with E-state index in [2.05, 4.69) is 15.0 Å². The molecule has 0 aliphatic carbocycles. The highest BCUT2D eigenvalue weighted by atomic mass is 32.2. The average molecular weight is 482 g/mol. The van der Waals surface area contributed by atoms with Crippen molar-refractivity contribution < 1.29 is 13.2 Å². The summed E-state index contributed by atoms with van der Waals surface area (Å²) in [6.07, 6.45) is 1.52. The fraction of sp³-hybridized carbons (Fsp3) is 0.333. The van der Waals surface area contributed by atoms with Gasteiger partial charge in [-0.25, -0.2) is 13.4 Å². The van der Waals surface area contributed by atoms with Gasteiger partial charge < -0.3 is 9.88 Å². The van der Waals surface area contributed by atoms with Gasteiger partial charge in [0.1, 0.15) is 5.69 Å². The third-order valence-corrected chi connectivity index (χ3v) is 8.06. The summed E-state index contributed by atoms with van der Waals surface area (Å²) in [6, 6.07) is 10.6. The van der Waals surface area contributed by atoms with Crippen LogP contribution >= 0.6 is 0 Å². The molecule has 34 heavy (non-hydrogen) atoms.